The summed E-state index contributed by atoms with van der Waals surface area (Å²) in [6, 6.07) is 12.5. The van der Waals surface area contributed by atoms with Crippen molar-refractivity contribution in [1.82, 2.24) is 4.98 Å². The Bertz CT molecular complexity index is 686. The predicted octanol–water partition coefficient (Wildman–Crippen LogP) is 5.29. The molecule has 0 radical (unpaired) electrons. The Labute approximate surface area is 140 Å². The maximum atomic E-state index is 8.43. The molecule has 0 saturated heterocycles. The quantitative estimate of drug-likeness (QED) is 0.769. The zero-order valence-corrected chi connectivity index (χ0v) is 15.2. The van der Waals surface area contributed by atoms with Gasteiger partial charge in [0.2, 0.25) is 0 Å². The van der Waals surface area contributed by atoms with Gasteiger partial charge in [-0.05, 0) is 39.7 Å². The molecule has 2 nitrogen and oxygen atoms in total. The van der Waals surface area contributed by atoms with Crippen molar-refractivity contribution in [3.05, 3.63) is 65.0 Å². The molecule has 0 spiro atoms. The Morgan fingerprint density at radius 1 is 0.957 bits per heavy atom. The Kier molecular flexibility index (Phi) is 4.74. The summed E-state index contributed by atoms with van der Waals surface area (Å²) in [5.74, 6) is 0. The topological polar surface area (TPSA) is 36.7 Å². The third-order valence-corrected chi connectivity index (χ3v) is 4.12. The number of hydrogen-bond donors (Lipinski definition) is 1. The first-order chi connectivity index (χ1) is 10.6. The molecule has 0 amide bonds. The highest BCUT2D eigenvalue weighted by Crippen LogP contribution is 2.31. The second kappa shape index (κ2) is 6.27. The molecule has 23 heavy (non-hydrogen) atoms. The third kappa shape index (κ3) is 4.28. The minimum atomic E-state index is 0.0656. The molecule has 1 aromatic carbocycles. The van der Waals surface area contributed by atoms with Gasteiger partial charge in [0.05, 0.1) is 11.4 Å². The van der Waals surface area contributed by atoms with Crippen molar-refractivity contribution in [2.75, 3.05) is 0 Å². The van der Waals surface area contributed by atoms with Crippen LogP contribution in [0.5, 0.6) is 0 Å². The van der Waals surface area contributed by atoms with Gasteiger partial charge in [-0.1, -0.05) is 65.8 Å². The fourth-order valence-corrected chi connectivity index (χ4v) is 2.76. The van der Waals surface area contributed by atoms with Gasteiger partial charge in [-0.3, -0.25) is 4.98 Å². The average molecular weight is 308 g/mol. The van der Waals surface area contributed by atoms with E-state index in [1.165, 1.54) is 16.7 Å². The van der Waals surface area contributed by atoms with E-state index in [2.05, 4.69) is 64.7 Å². The molecule has 0 unspecified atom stereocenters. The number of nitrogens with zero attached hydrogens (tertiary/aromatic N) is 1. The van der Waals surface area contributed by atoms with Crippen LogP contribution < -0.4 is 0 Å². The average Bonchev–Trinajstić information content (AvgIpc) is 2.46. The van der Waals surface area contributed by atoms with Crippen molar-refractivity contribution < 1.29 is 0 Å². The van der Waals surface area contributed by atoms with E-state index in [1.807, 2.05) is 18.2 Å². The molecule has 0 bridgehead atoms. The van der Waals surface area contributed by atoms with Gasteiger partial charge in [0.25, 0.3) is 0 Å². The lowest BCUT2D eigenvalue weighted by Crippen LogP contribution is -2.19. The minimum Gasteiger partial charge on any atom is -0.303 e. The Balaban J connectivity index is 2.44. The first kappa shape index (κ1) is 17.4. The third-order valence-electron chi connectivity index (χ3n) is 4.12. The summed E-state index contributed by atoms with van der Waals surface area (Å²) in [7, 11) is 0. The molecule has 0 aliphatic carbocycles. The summed E-state index contributed by atoms with van der Waals surface area (Å²) in [6.07, 6.45) is 2.37. The molecular formula is C21H28N2. The largest absolute Gasteiger partial charge is 0.303 e. The first-order valence-electron chi connectivity index (χ1n) is 8.22. The molecule has 0 saturated carbocycles. The van der Waals surface area contributed by atoms with Gasteiger partial charge < -0.3 is 5.41 Å². The van der Waals surface area contributed by atoms with E-state index in [9.17, 15) is 0 Å². The SMILES string of the molecule is CC(C)(C)c1ccc(C(C)(C)C)c(CC(=N)c2ccccn2)c1. The second-order valence-corrected chi connectivity index (χ2v) is 8.24. The van der Waals surface area contributed by atoms with Crippen LogP contribution in [0.2, 0.25) is 0 Å². The zero-order chi connectivity index (χ0) is 17.3. The van der Waals surface area contributed by atoms with Gasteiger partial charge in [0, 0.05) is 12.6 Å². The number of pyridine rings is 1. The lowest BCUT2D eigenvalue weighted by atomic mass is 9.78. The maximum Gasteiger partial charge on any atom is 0.0840 e. The molecule has 0 aliphatic heterocycles. The number of benzene rings is 1. The molecule has 1 heterocycles. The van der Waals surface area contributed by atoms with Gasteiger partial charge in [-0.25, -0.2) is 0 Å². The summed E-state index contributed by atoms with van der Waals surface area (Å²) >= 11 is 0. The molecule has 1 N–H and O–H groups in total. The minimum absolute atomic E-state index is 0.0656. The van der Waals surface area contributed by atoms with Crippen LogP contribution in [0.15, 0.2) is 42.6 Å². The molecule has 2 heteroatoms. The number of hydrogen-bond acceptors (Lipinski definition) is 2. The first-order valence-corrected chi connectivity index (χ1v) is 8.22. The Morgan fingerprint density at radius 2 is 1.65 bits per heavy atom. The van der Waals surface area contributed by atoms with Gasteiger partial charge in [-0.2, -0.15) is 0 Å². The molecule has 0 atom stereocenters. The highest BCUT2D eigenvalue weighted by atomic mass is 14.7. The molecule has 122 valence electrons. The standard InChI is InChI=1S/C21H28N2/c1-20(2,3)16-10-11-17(21(4,5)6)15(13-16)14-18(22)19-9-7-8-12-23-19/h7-13,22H,14H2,1-6H3. The van der Waals surface area contributed by atoms with E-state index >= 15 is 0 Å². The van der Waals surface area contributed by atoms with Crippen LogP contribution in [0.4, 0.5) is 0 Å². The smallest absolute Gasteiger partial charge is 0.0840 e. The van der Waals surface area contributed by atoms with E-state index < -0.39 is 0 Å². The van der Waals surface area contributed by atoms with E-state index in [4.69, 9.17) is 5.41 Å². The van der Waals surface area contributed by atoms with Crippen molar-refractivity contribution in [2.24, 2.45) is 0 Å². The normalized spacial score (nSPS) is 12.3. The van der Waals surface area contributed by atoms with Crippen molar-refractivity contribution >= 4 is 5.71 Å². The van der Waals surface area contributed by atoms with Crippen LogP contribution in [0.1, 0.15) is 63.9 Å². The number of aromatic nitrogens is 1. The monoisotopic (exact) mass is 308 g/mol. The summed E-state index contributed by atoms with van der Waals surface area (Å²) in [5, 5.41) is 8.43. The van der Waals surface area contributed by atoms with Gasteiger partial charge >= 0.3 is 0 Å². The van der Waals surface area contributed by atoms with E-state index in [-0.39, 0.29) is 10.8 Å². The summed E-state index contributed by atoms with van der Waals surface area (Å²) in [4.78, 5) is 4.31. The van der Waals surface area contributed by atoms with Crippen LogP contribution in [0.25, 0.3) is 0 Å². The lowest BCUT2D eigenvalue weighted by Gasteiger charge is -2.27. The van der Waals surface area contributed by atoms with Crippen LogP contribution in [0, 0.1) is 5.41 Å². The zero-order valence-electron chi connectivity index (χ0n) is 15.2. The molecule has 2 aromatic rings. The molecule has 2 rings (SSSR count). The highest BCUT2D eigenvalue weighted by Gasteiger charge is 2.22. The second-order valence-electron chi connectivity index (χ2n) is 8.24. The van der Waals surface area contributed by atoms with Crippen LogP contribution >= 0.6 is 0 Å². The molecular weight excluding hydrogens is 280 g/mol. The Morgan fingerprint density at radius 3 is 2.17 bits per heavy atom. The van der Waals surface area contributed by atoms with Crippen molar-refractivity contribution in [3.8, 4) is 0 Å². The fourth-order valence-electron chi connectivity index (χ4n) is 2.76. The summed E-state index contributed by atoms with van der Waals surface area (Å²) < 4.78 is 0. The number of rotatable bonds is 3. The summed E-state index contributed by atoms with van der Waals surface area (Å²) in [5.41, 5.74) is 5.37. The van der Waals surface area contributed by atoms with Gasteiger partial charge in [0.15, 0.2) is 0 Å². The number of nitrogens with one attached hydrogen (secondary N) is 1. The van der Waals surface area contributed by atoms with Crippen molar-refractivity contribution in [1.29, 1.82) is 5.41 Å². The maximum absolute atomic E-state index is 8.43. The molecule has 1 aromatic heterocycles. The Hall–Kier alpha value is -1.96. The molecule has 0 fully saturated rings. The van der Waals surface area contributed by atoms with Gasteiger partial charge in [0.1, 0.15) is 0 Å². The predicted molar refractivity (Wildman–Crippen MR) is 98.6 cm³/mol. The lowest BCUT2D eigenvalue weighted by molar-refractivity contribution is 0.572. The fraction of sp³-hybridized carbons (Fsp3) is 0.429. The van der Waals surface area contributed by atoms with Crippen molar-refractivity contribution in [2.45, 2.75) is 58.8 Å². The molecule has 0 aliphatic rings. The van der Waals surface area contributed by atoms with Gasteiger partial charge in [-0.15, -0.1) is 0 Å². The van der Waals surface area contributed by atoms with Crippen molar-refractivity contribution in [3.63, 3.8) is 0 Å². The van der Waals surface area contributed by atoms with Crippen LogP contribution in [-0.2, 0) is 17.3 Å². The van der Waals surface area contributed by atoms with E-state index in [0.717, 1.165) is 5.69 Å². The van der Waals surface area contributed by atoms with Crippen LogP contribution in [0.3, 0.4) is 0 Å². The van der Waals surface area contributed by atoms with Crippen LogP contribution in [-0.4, -0.2) is 10.7 Å². The summed E-state index contributed by atoms with van der Waals surface area (Å²) in [6.45, 7) is 13.4. The van der Waals surface area contributed by atoms with E-state index in [1.54, 1.807) is 6.20 Å². The highest BCUT2D eigenvalue weighted by molar-refractivity contribution is 5.98. The van der Waals surface area contributed by atoms with E-state index in [0.29, 0.717) is 12.1 Å².